The normalized spacial score (nSPS) is 11.1. The SMILES string of the molecule is CC(=O)c1ccc(NC(=O)Cc2coc3cc(C)c(C(C)C)cc23)cc1. The van der Waals surface area contributed by atoms with E-state index in [2.05, 4.69) is 32.2 Å². The predicted octanol–water partition coefficient (Wildman–Crippen LogP) is 5.25. The Morgan fingerprint density at radius 1 is 1.12 bits per heavy atom. The molecule has 134 valence electrons. The fraction of sp³-hybridized carbons (Fsp3) is 0.273. The van der Waals surface area contributed by atoms with Gasteiger partial charge < -0.3 is 9.73 Å². The van der Waals surface area contributed by atoms with E-state index in [0.717, 1.165) is 16.5 Å². The number of nitrogens with one attached hydrogen (secondary N) is 1. The summed E-state index contributed by atoms with van der Waals surface area (Å²) in [5, 5.41) is 3.86. The lowest BCUT2D eigenvalue weighted by molar-refractivity contribution is -0.115. The molecule has 0 bridgehead atoms. The summed E-state index contributed by atoms with van der Waals surface area (Å²) in [6.45, 7) is 7.91. The molecule has 0 saturated carbocycles. The summed E-state index contributed by atoms with van der Waals surface area (Å²) in [6, 6.07) is 11.1. The fourth-order valence-electron chi connectivity index (χ4n) is 3.17. The standard InChI is InChI=1S/C22H23NO3/c1-13(2)19-11-20-17(12-26-21(20)9-14(19)3)10-22(25)23-18-7-5-16(6-8-18)15(4)24/h5-9,11-13H,10H2,1-4H3,(H,23,25). The number of furan rings is 1. The third kappa shape index (κ3) is 3.69. The number of carbonyl (C=O) groups excluding carboxylic acids is 2. The van der Waals surface area contributed by atoms with Gasteiger partial charge in [-0.25, -0.2) is 0 Å². The number of hydrogen-bond acceptors (Lipinski definition) is 3. The molecule has 0 unspecified atom stereocenters. The van der Waals surface area contributed by atoms with Gasteiger partial charge in [-0.2, -0.15) is 0 Å². The minimum Gasteiger partial charge on any atom is -0.464 e. The highest BCUT2D eigenvalue weighted by Gasteiger charge is 2.14. The van der Waals surface area contributed by atoms with Gasteiger partial charge in [0.1, 0.15) is 5.58 Å². The van der Waals surface area contributed by atoms with Crippen LogP contribution in [0.1, 0.15) is 53.7 Å². The van der Waals surface area contributed by atoms with Crippen molar-refractivity contribution in [3.8, 4) is 0 Å². The fourth-order valence-corrected chi connectivity index (χ4v) is 3.17. The largest absolute Gasteiger partial charge is 0.464 e. The third-order valence-corrected chi connectivity index (χ3v) is 4.59. The van der Waals surface area contributed by atoms with Crippen LogP contribution in [0.25, 0.3) is 11.0 Å². The van der Waals surface area contributed by atoms with E-state index in [1.807, 2.05) is 6.07 Å². The van der Waals surface area contributed by atoms with Crippen LogP contribution in [-0.2, 0) is 11.2 Å². The number of amides is 1. The van der Waals surface area contributed by atoms with Crippen LogP contribution in [0.3, 0.4) is 0 Å². The summed E-state index contributed by atoms with van der Waals surface area (Å²) in [7, 11) is 0. The third-order valence-electron chi connectivity index (χ3n) is 4.59. The van der Waals surface area contributed by atoms with Gasteiger partial charge in [-0.3, -0.25) is 9.59 Å². The van der Waals surface area contributed by atoms with E-state index in [9.17, 15) is 9.59 Å². The molecule has 1 heterocycles. The molecule has 4 heteroatoms. The summed E-state index contributed by atoms with van der Waals surface area (Å²) < 4.78 is 5.64. The smallest absolute Gasteiger partial charge is 0.228 e. The van der Waals surface area contributed by atoms with Crippen molar-refractivity contribution in [3.05, 3.63) is 64.9 Å². The van der Waals surface area contributed by atoms with Crippen LogP contribution < -0.4 is 5.32 Å². The van der Waals surface area contributed by atoms with Gasteiger partial charge in [-0.1, -0.05) is 13.8 Å². The quantitative estimate of drug-likeness (QED) is 0.640. The molecule has 26 heavy (non-hydrogen) atoms. The molecule has 0 atom stereocenters. The second kappa shape index (κ2) is 7.16. The summed E-state index contributed by atoms with van der Waals surface area (Å²) in [4.78, 5) is 23.7. The maximum atomic E-state index is 12.4. The molecule has 3 aromatic rings. The van der Waals surface area contributed by atoms with Crippen molar-refractivity contribution in [2.45, 2.75) is 40.0 Å². The first kappa shape index (κ1) is 17.9. The summed E-state index contributed by atoms with van der Waals surface area (Å²) in [5.41, 5.74) is 5.44. The number of benzene rings is 2. The van der Waals surface area contributed by atoms with Crippen molar-refractivity contribution >= 4 is 28.3 Å². The minimum atomic E-state index is -0.116. The van der Waals surface area contributed by atoms with E-state index in [0.29, 0.717) is 17.2 Å². The first-order valence-electron chi connectivity index (χ1n) is 8.76. The Hall–Kier alpha value is -2.88. The molecular formula is C22H23NO3. The number of carbonyl (C=O) groups is 2. The number of anilines is 1. The maximum Gasteiger partial charge on any atom is 0.228 e. The van der Waals surface area contributed by atoms with Gasteiger partial charge in [0.05, 0.1) is 12.7 Å². The first-order chi connectivity index (χ1) is 12.3. The lowest BCUT2D eigenvalue weighted by Crippen LogP contribution is -2.14. The van der Waals surface area contributed by atoms with Crippen LogP contribution in [0.2, 0.25) is 0 Å². The molecule has 0 radical (unpaired) electrons. The summed E-state index contributed by atoms with van der Waals surface area (Å²) in [6.07, 6.45) is 1.90. The van der Waals surface area contributed by atoms with Gasteiger partial charge in [0.15, 0.2) is 5.78 Å². The second-order valence-corrected chi connectivity index (χ2v) is 6.98. The molecule has 0 saturated heterocycles. The van der Waals surface area contributed by atoms with Crippen molar-refractivity contribution in [1.29, 1.82) is 0 Å². The number of hydrogen-bond donors (Lipinski definition) is 1. The van der Waals surface area contributed by atoms with Crippen LogP contribution in [0, 0.1) is 6.92 Å². The molecular weight excluding hydrogens is 326 g/mol. The highest BCUT2D eigenvalue weighted by atomic mass is 16.3. The molecule has 2 aromatic carbocycles. The van der Waals surface area contributed by atoms with Gasteiger partial charge in [0.2, 0.25) is 5.91 Å². The van der Waals surface area contributed by atoms with Gasteiger partial charge in [0.25, 0.3) is 0 Å². The van der Waals surface area contributed by atoms with Crippen molar-refractivity contribution in [3.63, 3.8) is 0 Å². The number of fused-ring (bicyclic) bond motifs is 1. The van der Waals surface area contributed by atoms with E-state index in [-0.39, 0.29) is 18.1 Å². The van der Waals surface area contributed by atoms with Crippen molar-refractivity contribution in [2.24, 2.45) is 0 Å². The van der Waals surface area contributed by atoms with Crippen LogP contribution >= 0.6 is 0 Å². The number of rotatable bonds is 5. The highest BCUT2D eigenvalue weighted by molar-refractivity contribution is 5.97. The van der Waals surface area contributed by atoms with E-state index in [1.54, 1.807) is 30.5 Å². The number of ketones is 1. The molecule has 0 fully saturated rings. The molecule has 0 aliphatic rings. The molecule has 1 amide bonds. The Kier molecular flexibility index (Phi) is 4.94. The van der Waals surface area contributed by atoms with E-state index >= 15 is 0 Å². The predicted molar refractivity (Wildman–Crippen MR) is 104 cm³/mol. The van der Waals surface area contributed by atoms with Gasteiger partial charge in [-0.05, 0) is 67.3 Å². The first-order valence-corrected chi connectivity index (χ1v) is 8.76. The Bertz CT molecular complexity index is 965. The Balaban J connectivity index is 1.78. The van der Waals surface area contributed by atoms with Crippen LogP contribution in [-0.4, -0.2) is 11.7 Å². The Morgan fingerprint density at radius 2 is 1.81 bits per heavy atom. The molecule has 0 spiro atoms. The van der Waals surface area contributed by atoms with Crippen LogP contribution in [0.15, 0.2) is 47.1 Å². The van der Waals surface area contributed by atoms with E-state index in [1.165, 1.54) is 18.1 Å². The molecule has 1 aromatic heterocycles. The molecule has 1 N–H and O–H groups in total. The van der Waals surface area contributed by atoms with E-state index in [4.69, 9.17) is 4.42 Å². The molecule has 4 nitrogen and oxygen atoms in total. The number of aryl methyl sites for hydroxylation is 1. The van der Waals surface area contributed by atoms with Crippen LogP contribution in [0.4, 0.5) is 5.69 Å². The number of Topliss-reactive ketones (excluding diaryl/α,β-unsaturated/α-hetero) is 1. The lowest BCUT2D eigenvalue weighted by atomic mass is 9.95. The maximum absolute atomic E-state index is 12.4. The minimum absolute atomic E-state index is 0.00370. The average Bonchev–Trinajstić information content (AvgIpc) is 2.95. The van der Waals surface area contributed by atoms with Crippen molar-refractivity contribution in [2.75, 3.05) is 5.32 Å². The molecule has 3 rings (SSSR count). The molecule has 0 aliphatic carbocycles. The zero-order valence-corrected chi connectivity index (χ0v) is 15.6. The molecule has 0 aliphatic heterocycles. The summed E-state index contributed by atoms with van der Waals surface area (Å²) >= 11 is 0. The van der Waals surface area contributed by atoms with Crippen molar-refractivity contribution in [1.82, 2.24) is 0 Å². The Labute approximate surface area is 153 Å². The van der Waals surface area contributed by atoms with Gasteiger partial charge in [0, 0.05) is 22.2 Å². The average molecular weight is 349 g/mol. The summed E-state index contributed by atoms with van der Waals surface area (Å²) in [5.74, 6) is 0.301. The zero-order chi connectivity index (χ0) is 18.8. The van der Waals surface area contributed by atoms with Gasteiger partial charge in [-0.15, -0.1) is 0 Å². The second-order valence-electron chi connectivity index (χ2n) is 6.98. The zero-order valence-electron chi connectivity index (χ0n) is 15.6. The van der Waals surface area contributed by atoms with Crippen molar-refractivity contribution < 1.29 is 14.0 Å². The lowest BCUT2D eigenvalue weighted by Gasteiger charge is -2.10. The monoisotopic (exact) mass is 349 g/mol. The highest BCUT2D eigenvalue weighted by Crippen LogP contribution is 2.29. The van der Waals surface area contributed by atoms with Gasteiger partial charge >= 0.3 is 0 Å². The topological polar surface area (TPSA) is 59.3 Å². The van der Waals surface area contributed by atoms with E-state index < -0.39 is 0 Å². The Morgan fingerprint density at radius 3 is 2.42 bits per heavy atom. The van der Waals surface area contributed by atoms with Crippen LogP contribution in [0.5, 0.6) is 0 Å².